The smallest absolute Gasteiger partial charge is 0.171 e. The maximum absolute atomic E-state index is 5.44. The largest absolute Gasteiger partial charge is 0.358 e. The van der Waals surface area contributed by atoms with Crippen molar-refractivity contribution in [3.05, 3.63) is 95.6 Å². The van der Waals surface area contributed by atoms with Crippen molar-refractivity contribution in [3.63, 3.8) is 0 Å². The minimum atomic E-state index is 0.577. The standard InChI is InChI=1S/C23H24N4S2/c1-17-12-13-20(26-22(28)24-15-18-8-4-2-5-9-18)14-21(17)27-23(29)25-16-19-10-6-3-7-11-19/h2-14H,15-16H2,1H3,(H2,24,26,28)(H2,25,27,29). The molecule has 0 amide bonds. The lowest BCUT2D eigenvalue weighted by molar-refractivity contribution is 0.925. The highest BCUT2D eigenvalue weighted by molar-refractivity contribution is 7.80. The molecular weight excluding hydrogens is 396 g/mol. The molecule has 3 aromatic rings. The van der Waals surface area contributed by atoms with E-state index in [0.717, 1.165) is 16.9 Å². The van der Waals surface area contributed by atoms with E-state index in [4.69, 9.17) is 24.4 Å². The fraction of sp³-hybridized carbons (Fsp3) is 0.130. The van der Waals surface area contributed by atoms with Crippen LogP contribution in [0.5, 0.6) is 0 Å². The molecule has 0 spiro atoms. The number of thiocarbonyl (C=S) groups is 2. The second-order valence-corrected chi connectivity index (χ2v) is 7.43. The molecular formula is C23H24N4S2. The van der Waals surface area contributed by atoms with Gasteiger partial charge in [0.1, 0.15) is 0 Å². The summed E-state index contributed by atoms with van der Waals surface area (Å²) in [6.45, 7) is 3.40. The zero-order chi connectivity index (χ0) is 20.5. The molecule has 0 aliphatic carbocycles. The molecule has 0 saturated carbocycles. The first kappa shape index (κ1) is 20.8. The van der Waals surface area contributed by atoms with E-state index in [1.54, 1.807) is 0 Å². The molecule has 0 saturated heterocycles. The molecule has 148 valence electrons. The van der Waals surface area contributed by atoms with Crippen molar-refractivity contribution < 1.29 is 0 Å². The zero-order valence-corrected chi connectivity index (χ0v) is 17.9. The third kappa shape index (κ3) is 6.85. The van der Waals surface area contributed by atoms with Crippen LogP contribution in [0.3, 0.4) is 0 Å². The van der Waals surface area contributed by atoms with Crippen LogP contribution in [0.1, 0.15) is 16.7 Å². The normalized spacial score (nSPS) is 10.1. The summed E-state index contributed by atoms with van der Waals surface area (Å²) < 4.78 is 0. The van der Waals surface area contributed by atoms with Gasteiger partial charge in [0.15, 0.2) is 10.2 Å². The van der Waals surface area contributed by atoms with Crippen molar-refractivity contribution in [3.8, 4) is 0 Å². The first-order chi connectivity index (χ1) is 14.1. The quantitative estimate of drug-likeness (QED) is 0.423. The van der Waals surface area contributed by atoms with E-state index in [1.165, 1.54) is 11.1 Å². The van der Waals surface area contributed by atoms with Crippen molar-refractivity contribution in [1.82, 2.24) is 10.6 Å². The number of rotatable bonds is 6. The molecule has 0 fully saturated rings. The lowest BCUT2D eigenvalue weighted by Gasteiger charge is -2.15. The van der Waals surface area contributed by atoms with Crippen molar-refractivity contribution in [2.45, 2.75) is 20.0 Å². The number of aryl methyl sites for hydroxylation is 1. The Morgan fingerprint density at radius 2 is 1.21 bits per heavy atom. The molecule has 6 heteroatoms. The van der Waals surface area contributed by atoms with Gasteiger partial charge >= 0.3 is 0 Å². The van der Waals surface area contributed by atoms with Crippen LogP contribution in [0.4, 0.5) is 11.4 Å². The summed E-state index contributed by atoms with van der Waals surface area (Å²) in [6, 6.07) is 26.3. The van der Waals surface area contributed by atoms with E-state index in [0.29, 0.717) is 23.3 Å². The summed E-state index contributed by atoms with van der Waals surface area (Å²) in [4.78, 5) is 0. The van der Waals surface area contributed by atoms with Gasteiger partial charge in [-0.2, -0.15) is 0 Å². The van der Waals surface area contributed by atoms with Gasteiger partial charge in [0.2, 0.25) is 0 Å². The van der Waals surface area contributed by atoms with Gasteiger partial charge in [0.05, 0.1) is 0 Å². The fourth-order valence-electron chi connectivity index (χ4n) is 2.73. The van der Waals surface area contributed by atoms with Gasteiger partial charge in [-0.3, -0.25) is 0 Å². The van der Waals surface area contributed by atoms with Gasteiger partial charge in [-0.15, -0.1) is 0 Å². The topological polar surface area (TPSA) is 48.1 Å². The number of nitrogens with one attached hydrogen (secondary N) is 4. The lowest BCUT2D eigenvalue weighted by atomic mass is 10.2. The van der Waals surface area contributed by atoms with E-state index < -0.39 is 0 Å². The first-order valence-electron chi connectivity index (χ1n) is 9.38. The van der Waals surface area contributed by atoms with Gasteiger partial charge in [0, 0.05) is 24.5 Å². The summed E-state index contributed by atoms with van der Waals surface area (Å²) in [5, 5.41) is 14.1. The molecule has 29 heavy (non-hydrogen) atoms. The maximum atomic E-state index is 5.44. The minimum Gasteiger partial charge on any atom is -0.358 e. The molecule has 4 nitrogen and oxygen atoms in total. The lowest BCUT2D eigenvalue weighted by Crippen LogP contribution is -2.29. The summed E-state index contributed by atoms with van der Waals surface area (Å²) in [5.74, 6) is 0. The average Bonchev–Trinajstić information content (AvgIpc) is 2.75. The molecule has 3 rings (SSSR count). The molecule has 0 radical (unpaired) electrons. The summed E-state index contributed by atoms with van der Waals surface area (Å²) in [5.41, 5.74) is 5.29. The molecule has 0 unspecified atom stereocenters. The van der Waals surface area contributed by atoms with E-state index in [1.807, 2.05) is 61.5 Å². The SMILES string of the molecule is Cc1ccc(NC(=S)NCc2ccccc2)cc1NC(=S)NCc1ccccc1. The molecule has 0 aliphatic rings. The van der Waals surface area contributed by atoms with Crippen LogP contribution in [0, 0.1) is 6.92 Å². The Morgan fingerprint density at radius 1 is 0.690 bits per heavy atom. The van der Waals surface area contributed by atoms with Gasteiger partial charge in [-0.25, -0.2) is 0 Å². The van der Waals surface area contributed by atoms with E-state index in [2.05, 4.69) is 45.5 Å². The number of anilines is 2. The highest BCUT2D eigenvalue weighted by atomic mass is 32.1. The maximum Gasteiger partial charge on any atom is 0.171 e. The minimum absolute atomic E-state index is 0.577. The van der Waals surface area contributed by atoms with Crippen molar-refractivity contribution >= 4 is 46.0 Å². The molecule has 0 aliphatic heterocycles. The average molecular weight is 421 g/mol. The predicted molar refractivity (Wildman–Crippen MR) is 130 cm³/mol. The zero-order valence-electron chi connectivity index (χ0n) is 16.2. The van der Waals surface area contributed by atoms with Crippen molar-refractivity contribution in [1.29, 1.82) is 0 Å². The van der Waals surface area contributed by atoms with Gasteiger partial charge < -0.3 is 21.3 Å². The van der Waals surface area contributed by atoms with Gasteiger partial charge in [-0.1, -0.05) is 66.7 Å². The third-order valence-corrected chi connectivity index (χ3v) is 4.83. The Kier molecular flexibility index (Phi) is 7.55. The van der Waals surface area contributed by atoms with Crippen LogP contribution >= 0.6 is 24.4 Å². The van der Waals surface area contributed by atoms with Crippen LogP contribution in [0.2, 0.25) is 0 Å². The molecule has 0 aromatic heterocycles. The molecule has 4 N–H and O–H groups in total. The highest BCUT2D eigenvalue weighted by Gasteiger charge is 2.05. The van der Waals surface area contributed by atoms with Crippen LogP contribution < -0.4 is 21.3 Å². The third-order valence-electron chi connectivity index (χ3n) is 4.34. The van der Waals surface area contributed by atoms with Gasteiger partial charge in [0.25, 0.3) is 0 Å². The number of benzene rings is 3. The Morgan fingerprint density at radius 3 is 1.76 bits per heavy atom. The second kappa shape index (κ2) is 10.5. The van der Waals surface area contributed by atoms with Crippen molar-refractivity contribution in [2.24, 2.45) is 0 Å². The Bertz CT molecular complexity index is 959. The molecule has 0 bridgehead atoms. The summed E-state index contributed by atoms with van der Waals surface area (Å²) in [7, 11) is 0. The van der Waals surface area contributed by atoms with Gasteiger partial charge in [-0.05, 0) is 60.2 Å². The highest BCUT2D eigenvalue weighted by Crippen LogP contribution is 2.20. The summed E-state index contributed by atoms with van der Waals surface area (Å²) >= 11 is 10.9. The van der Waals surface area contributed by atoms with Crippen LogP contribution in [0.25, 0.3) is 0 Å². The van der Waals surface area contributed by atoms with Crippen LogP contribution in [-0.2, 0) is 13.1 Å². The van der Waals surface area contributed by atoms with E-state index in [9.17, 15) is 0 Å². The molecule has 0 atom stereocenters. The number of hydrogen-bond acceptors (Lipinski definition) is 2. The van der Waals surface area contributed by atoms with E-state index >= 15 is 0 Å². The van der Waals surface area contributed by atoms with Crippen LogP contribution in [-0.4, -0.2) is 10.2 Å². The Hall–Kier alpha value is -2.96. The number of hydrogen-bond donors (Lipinski definition) is 4. The Balaban J connectivity index is 1.53. The molecule has 0 heterocycles. The predicted octanol–water partition coefficient (Wildman–Crippen LogP) is 4.97. The van der Waals surface area contributed by atoms with E-state index in [-0.39, 0.29) is 0 Å². The summed E-state index contributed by atoms with van der Waals surface area (Å²) in [6.07, 6.45) is 0. The molecule has 3 aromatic carbocycles. The fourth-order valence-corrected chi connectivity index (χ4v) is 3.10. The monoisotopic (exact) mass is 420 g/mol. The Labute approximate surface area is 182 Å². The first-order valence-corrected chi connectivity index (χ1v) is 10.2. The van der Waals surface area contributed by atoms with Crippen molar-refractivity contribution in [2.75, 3.05) is 10.6 Å². The second-order valence-electron chi connectivity index (χ2n) is 6.62. The van der Waals surface area contributed by atoms with Crippen LogP contribution in [0.15, 0.2) is 78.9 Å².